The largest absolute Gasteiger partial charge is 0.309 e. The summed E-state index contributed by atoms with van der Waals surface area (Å²) in [6, 6.07) is 5.36. The van der Waals surface area contributed by atoms with Gasteiger partial charge >= 0.3 is 0 Å². The Morgan fingerprint density at radius 2 is 1.30 bits per heavy atom. The molecule has 0 heterocycles. The van der Waals surface area contributed by atoms with Crippen LogP contribution in [0.4, 0.5) is 0 Å². The van der Waals surface area contributed by atoms with Gasteiger partial charge in [-0.2, -0.15) is 0 Å². The Balaban J connectivity index is -0.000000333. The van der Waals surface area contributed by atoms with E-state index in [1.807, 2.05) is 48.5 Å². The molecule has 0 spiro atoms. The third kappa shape index (κ3) is 33.7. The maximum atomic E-state index is 4.13. The molecule has 136 valence electrons. The number of hydrogen-bond donors (Lipinski definition) is 0. The summed E-state index contributed by atoms with van der Waals surface area (Å²) in [6.07, 6.45) is 1.08. The van der Waals surface area contributed by atoms with Crippen LogP contribution in [0.1, 0.15) is 54.9 Å². The fourth-order valence-electron chi connectivity index (χ4n) is 0.962. The number of hydrogen-bond acceptors (Lipinski definition) is 5. The first-order chi connectivity index (χ1) is 9.98. The van der Waals surface area contributed by atoms with E-state index < -0.39 is 0 Å². The van der Waals surface area contributed by atoms with Gasteiger partial charge in [0.25, 0.3) is 0 Å². The molecule has 0 aromatic carbocycles. The molecule has 0 aliphatic rings. The third-order valence-electron chi connectivity index (χ3n) is 1.95. The molecule has 0 saturated heterocycles. The molecule has 0 fully saturated rings. The summed E-state index contributed by atoms with van der Waals surface area (Å²) in [7, 11) is 4.12. The minimum absolute atomic E-state index is 0. The van der Waals surface area contributed by atoms with Crippen molar-refractivity contribution in [2.75, 3.05) is 33.7 Å². The summed E-state index contributed by atoms with van der Waals surface area (Å²) in [4.78, 5) is 18.2. The van der Waals surface area contributed by atoms with Gasteiger partial charge in [0.2, 0.25) is 0 Å². The van der Waals surface area contributed by atoms with Crippen LogP contribution in [-0.2, 0) is 0 Å². The minimum atomic E-state index is -0.0608. The van der Waals surface area contributed by atoms with Crippen LogP contribution >= 0.6 is 12.4 Å². The molecule has 0 N–H and O–H groups in total. The van der Waals surface area contributed by atoms with Crippen molar-refractivity contribution in [2.24, 2.45) is 20.0 Å². The van der Waals surface area contributed by atoms with Crippen molar-refractivity contribution >= 4 is 24.4 Å². The number of nitrogens with zero attached hydrogens (tertiary/aromatic N) is 5. The Labute approximate surface area is 149 Å². The molecule has 0 atom stereocenters. The molecule has 0 aromatic rings. The standard InChI is InChI=1S/C9H18N2.C8H17N3.ClH/c1-8(2,3)10-7-11-9(4,5)6;1-4-9-8-10-6-5-7-11(2)3;/h1-6H3;4-7H2,1-3H3;1H. The van der Waals surface area contributed by atoms with Crippen molar-refractivity contribution in [1.82, 2.24) is 4.90 Å². The first-order valence-corrected chi connectivity index (χ1v) is 7.89. The first kappa shape index (κ1) is 26.9. The van der Waals surface area contributed by atoms with Crippen molar-refractivity contribution in [3.8, 4) is 0 Å². The van der Waals surface area contributed by atoms with Crippen LogP contribution < -0.4 is 0 Å². The predicted molar refractivity (Wildman–Crippen MR) is 105 cm³/mol. The highest BCUT2D eigenvalue weighted by Gasteiger charge is 2.07. The van der Waals surface area contributed by atoms with Gasteiger partial charge in [-0.05, 0) is 75.5 Å². The molecule has 0 aliphatic heterocycles. The van der Waals surface area contributed by atoms with Crippen LogP contribution in [-0.4, -0.2) is 61.7 Å². The molecule has 5 nitrogen and oxygen atoms in total. The molecule has 0 saturated carbocycles. The second-order valence-corrected chi connectivity index (χ2v) is 7.28. The molecular formula is C17H36ClN5. The zero-order valence-electron chi connectivity index (χ0n) is 16.5. The second kappa shape index (κ2) is 14.6. The number of aliphatic imine (C=N–C) groups is 4. The average molecular weight is 346 g/mol. The number of rotatable bonds is 5. The summed E-state index contributed by atoms with van der Waals surface area (Å²) in [5, 5.41) is 0. The van der Waals surface area contributed by atoms with Crippen LogP contribution in [0, 0.1) is 0 Å². The molecule has 0 radical (unpaired) electrons. The molecule has 0 aliphatic carbocycles. The van der Waals surface area contributed by atoms with Crippen LogP contribution in [0.3, 0.4) is 0 Å². The zero-order valence-corrected chi connectivity index (χ0v) is 17.3. The molecular weight excluding hydrogens is 310 g/mol. The van der Waals surface area contributed by atoms with E-state index in [0.717, 1.165) is 26.1 Å². The van der Waals surface area contributed by atoms with Crippen LogP contribution in [0.25, 0.3) is 0 Å². The van der Waals surface area contributed by atoms with E-state index in [2.05, 4.69) is 51.0 Å². The van der Waals surface area contributed by atoms with Gasteiger partial charge in [0.15, 0.2) is 0 Å². The SMILES string of the molecule is CC(C)(C)N=C=NC(C)(C)C.CCN=C=NCCCN(C)C.Cl. The minimum Gasteiger partial charge on any atom is -0.309 e. The maximum Gasteiger partial charge on any atom is 0.0903 e. The Morgan fingerprint density at radius 1 is 0.826 bits per heavy atom. The fourth-order valence-corrected chi connectivity index (χ4v) is 0.962. The molecule has 0 unspecified atom stereocenters. The lowest BCUT2D eigenvalue weighted by atomic mass is 10.1. The van der Waals surface area contributed by atoms with Gasteiger partial charge in [-0.25, -0.2) is 20.0 Å². The van der Waals surface area contributed by atoms with Gasteiger partial charge < -0.3 is 4.90 Å². The van der Waals surface area contributed by atoms with Gasteiger partial charge in [-0.15, -0.1) is 12.4 Å². The van der Waals surface area contributed by atoms with Crippen molar-refractivity contribution in [3.05, 3.63) is 0 Å². The quantitative estimate of drug-likeness (QED) is 0.541. The molecule has 0 aromatic heterocycles. The summed E-state index contributed by atoms with van der Waals surface area (Å²) in [6.45, 7) is 16.8. The summed E-state index contributed by atoms with van der Waals surface area (Å²) < 4.78 is 0. The lowest BCUT2D eigenvalue weighted by molar-refractivity contribution is 0.403. The monoisotopic (exact) mass is 345 g/mol. The highest BCUT2D eigenvalue weighted by Crippen LogP contribution is 2.06. The smallest absolute Gasteiger partial charge is 0.0903 e. The van der Waals surface area contributed by atoms with Crippen molar-refractivity contribution in [2.45, 2.75) is 66.0 Å². The van der Waals surface area contributed by atoms with E-state index in [1.54, 1.807) is 0 Å². The second-order valence-electron chi connectivity index (χ2n) is 7.28. The van der Waals surface area contributed by atoms with Gasteiger partial charge in [0.05, 0.1) is 29.6 Å². The van der Waals surface area contributed by atoms with E-state index in [4.69, 9.17) is 0 Å². The molecule has 0 amide bonds. The Bertz CT molecular complexity index is 372. The van der Waals surface area contributed by atoms with Gasteiger partial charge in [0.1, 0.15) is 0 Å². The topological polar surface area (TPSA) is 52.7 Å². The highest BCUT2D eigenvalue weighted by atomic mass is 35.5. The average Bonchev–Trinajstić information content (AvgIpc) is 2.30. The number of halogens is 1. The Kier molecular flexibility index (Phi) is 17.1. The first-order valence-electron chi connectivity index (χ1n) is 7.89. The van der Waals surface area contributed by atoms with Crippen molar-refractivity contribution < 1.29 is 0 Å². The van der Waals surface area contributed by atoms with Gasteiger partial charge in [-0.1, -0.05) is 0 Å². The molecule has 6 heteroatoms. The lowest BCUT2D eigenvalue weighted by Gasteiger charge is -2.10. The van der Waals surface area contributed by atoms with Gasteiger partial charge in [0, 0.05) is 6.54 Å². The molecule has 0 bridgehead atoms. The summed E-state index contributed by atoms with van der Waals surface area (Å²) >= 11 is 0. The van der Waals surface area contributed by atoms with Crippen molar-refractivity contribution in [1.29, 1.82) is 0 Å². The molecule has 23 heavy (non-hydrogen) atoms. The Morgan fingerprint density at radius 3 is 1.65 bits per heavy atom. The summed E-state index contributed by atoms with van der Waals surface area (Å²) in [5.41, 5.74) is -0.122. The van der Waals surface area contributed by atoms with E-state index in [1.165, 1.54) is 0 Å². The van der Waals surface area contributed by atoms with E-state index in [9.17, 15) is 0 Å². The summed E-state index contributed by atoms with van der Waals surface area (Å²) in [5.74, 6) is 0. The highest BCUT2D eigenvalue weighted by molar-refractivity contribution is 5.85. The maximum absolute atomic E-state index is 4.13. The predicted octanol–water partition coefficient (Wildman–Crippen LogP) is 4.31. The Hall–Kier alpha value is -0.990. The van der Waals surface area contributed by atoms with Crippen LogP contribution in [0.2, 0.25) is 0 Å². The fraction of sp³-hybridized carbons (Fsp3) is 0.882. The third-order valence-corrected chi connectivity index (χ3v) is 1.95. The zero-order chi connectivity index (χ0) is 17.6. The lowest BCUT2D eigenvalue weighted by Crippen LogP contribution is -2.13. The van der Waals surface area contributed by atoms with E-state index >= 15 is 0 Å². The van der Waals surface area contributed by atoms with E-state index in [-0.39, 0.29) is 23.5 Å². The van der Waals surface area contributed by atoms with E-state index in [0.29, 0.717) is 0 Å². The normalized spacial score (nSPS) is 10.3. The van der Waals surface area contributed by atoms with Gasteiger partial charge in [-0.3, -0.25) is 0 Å². The van der Waals surface area contributed by atoms with Crippen LogP contribution in [0.15, 0.2) is 20.0 Å². The van der Waals surface area contributed by atoms with Crippen molar-refractivity contribution in [3.63, 3.8) is 0 Å². The van der Waals surface area contributed by atoms with Crippen LogP contribution in [0.5, 0.6) is 0 Å². The molecule has 0 rings (SSSR count).